The minimum Gasteiger partial charge on any atom is -0.478 e. The number of nitrogens with one attached hydrogen (secondary N) is 2. The van der Waals surface area contributed by atoms with Crippen molar-refractivity contribution in [1.29, 1.82) is 0 Å². The summed E-state index contributed by atoms with van der Waals surface area (Å²) in [6.45, 7) is 3.60. The maximum Gasteiger partial charge on any atom is 0.338 e. The van der Waals surface area contributed by atoms with E-state index < -0.39 is 5.97 Å². The van der Waals surface area contributed by atoms with E-state index in [1.165, 1.54) is 11.3 Å². The number of anilines is 1. The van der Waals surface area contributed by atoms with Crippen molar-refractivity contribution >= 4 is 28.3 Å². The Morgan fingerprint density at radius 3 is 2.70 bits per heavy atom. The summed E-state index contributed by atoms with van der Waals surface area (Å²) in [5, 5.41) is 15.2. The molecule has 0 radical (unpaired) electrons. The normalized spacial score (nSPS) is 17.8. The largest absolute Gasteiger partial charge is 0.478 e. The number of aryl methyl sites for hydroxylation is 1. The average molecular weight is 294 g/mol. The van der Waals surface area contributed by atoms with Gasteiger partial charge in [-0.3, -0.25) is 5.32 Å². The molecule has 0 aromatic carbocycles. The maximum atomic E-state index is 11.9. The van der Waals surface area contributed by atoms with Crippen LogP contribution in [-0.2, 0) is 0 Å². The average Bonchev–Trinajstić information content (AvgIpc) is 2.65. The van der Waals surface area contributed by atoms with Crippen LogP contribution in [0.25, 0.3) is 0 Å². The molecule has 5 nitrogen and oxygen atoms in total. The zero-order valence-electron chi connectivity index (χ0n) is 11.5. The first-order valence-corrected chi connectivity index (χ1v) is 7.36. The molecule has 2 amide bonds. The minimum atomic E-state index is -1.01. The first-order chi connectivity index (χ1) is 9.49. The fourth-order valence-corrected chi connectivity index (χ4v) is 3.27. The van der Waals surface area contributed by atoms with Crippen LogP contribution in [0.4, 0.5) is 9.80 Å². The van der Waals surface area contributed by atoms with Crippen LogP contribution in [0.1, 0.15) is 40.1 Å². The van der Waals surface area contributed by atoms with Gasteiger partial charge in [-0.15, -0.1) is 11.3 Å². The summed E-state index contributed by atoms with van der Waals surface area (Å²) < 4.78 is 0. The summed E-state index contributed by atoms with van der Waals surface area (Å²) in [4.78, 5) is 24.1. The van der Waals surface area contributed by atoms with Crippen LogP contribution in [0.2, 0.25) is 0 Å². The first kappa shape index (κ1) is 14.6. The van der Waals surface area contributed by atoms with E-state index in [2.05, 4.69) is 22.8 Å². The third-order valence-corrected chi connectivity index (χ3v) is 4.55. The van der Waals surface area contributed by atoms with Gasteiger partial charge < -0.3 is 10.4 Å². The molecule has 1 aliphatic carbocycles. The highest BCUT2D eigenvalue weighted by molar-refractivity contribution is 7.16. The summed E-state index contributed by atoms with van der Waals surface area (Å²) >= 11 is 1.29. The number of urea groups is 1. The summed E-state index contributed by atoms with van der Waals surface area (Å²) in [7, 11) is 0. The molecule has 0 saturated carbocycles. The molecule has 0 aliphatic heterocycles. The van der Waals surface area contributed by atoms with E-state index in [4.69, 9.17) is 0 Å². The van der Waals surface area contributed by atoms with Crippen molar-refractivity contribution in [2.75, 3.05) is 5.32 Å². The van der Waals surface area contributed by atoms with Crippen LogP contribution in [-0.4, -0.2) is 23.1 Å². The lowest BCUT2D eigenvalue weighted by atomic mass is 10.0. The van der Waals surface area contributed by atoms with Crippen LogP contribution in [0.3, 0.4) is 0 Å². The van der Waals surface area contributed by atoms with Crippen molar-refractivity contribution in [1.82, 2.24) is 5.32 Å². The van der Waals surface area contributed by atoms with Crippen LogP contribution < -0.4 is 10.6 Å². The van der Waals surface area contributed by atoms with Gasteiger partial charge in [-0.05, 0) is 38.7 Å². The lowest BCUT2D eigenvalue weighted by Crippen LogP contribution is -2.38. The van der Waals surface area contributed by atoms with Gasteiger partial charge in [0, 0.05) is 10.9 Å². The van der Waals surface area contributed by atoms with Crippen molar-refractivity contribution < 1.29 is 14.7 Å². The minimum absolute atomic E-state index is 0.121. The van der Waals surface area contributed by atoms with E-state index in [0.717, 1.165) is 24.1 Å². The van der Waals surface area contributed by atoms with Crippen molar-refractivity contribution in [2.24, 2.45) is 0 Å². The summed E-state index contributed by atoms with van der Waals surface area (Å²) in [5.74, 6) is -1.01. The van der Waals surface area contributed by atoms with Gasteiger partial charge in [0.05, 0.1) is 5.56 Å². The quantitative estimate of drug-likeness (QED) is 0.748. The predicted molar refractivity (Wildman–Crippen MR) is 79.7 cm³/mol. The number of carboxylic acids is 1. The van der Waals surface area contributed by atoms with Crippen LogP contribution in [0.15, 0.2) is 12.2 Å². The molecule has 1 heterocycles. The highest BCUT2D eigenvalue weighted by Gasteiger charge is 2.21. The topological polar surface area (TPSA) is 78.4 Å². The Balaban J connectivity index is 2.06. The Kier molecular flexibility index (Phi) is 4.44. The Morgan fingerprint density at radius 2 is 2.10 bits per heavy atom. The summed E-state index contributed by atoms with van der Waals surface area (Å²) in [6.07, 6.45) is 6.85. The molecule has 3 N–H and O–H groups in total. The van der Waals surface area contributed by atoms with Gasteiger partial charge in [-0.1, -0.05) is 12.2 Å². The molecular weight excluding hydrogens is 276 g/mol. The predicted octanol–water partition coefficient (Wildman–Crippen LogP) is 3.29. The van der Waals surface area contributed by atoms with Crippen molar-refractivity contribution in [2.45, 2.75) is 39.2 Å². The number of carbonyl (C=O) groups is 2. The van der Waals surface area contributed by atoms with E-state index in [1.54, 1.807) is 6.92 Å². The lowest BCUT2D eigenvalue weighted by molar-refractivity contribution is 0.0697. The zero-order valence-corrected chi connectivity index (χ0v) is 12.3. The molecule has 1 unspecified atom stereocenters. The number of carboxylic acid groups (broad SMARTS) is 1. The van der Waals surface area contributed by atoms with Gasteiger partial charge in [-0.25, -0.2) is 9.59 Å². The van der Waals surface area contributed by atoms with E-state index >= 15 is 0 Å². The molecular formula is C14H18N2O3S. The molecule has 0 spiro atoms. The second-order valence-electron chi connectivity index (χ2n) is 4.87. The summed E-state index contributed by atoms with van der Waals surface area (Å²) in [6, 6.07) is -0.218. The van der Waals surface area contributed by atoms with E-state index in [1.807, 2.05) is 6.92 Å². The van der Waals surface area contributed by atoms with Crippen molar-refractivity contribution in [3.8, 4) is 0 Å². The van der Waals surface area contributed by atoms with Gasteiger partial charge in [0.1, 0.15) is 5.00 Å². The molecule has 0 saturated heterocycles. The van der Waals surface area contributed by atoms with Gasteiger partial charge in [-0.2, -0.15) is 0 Å². The van der Waals surface area contributed by atoms with Gasteiger partial charge in [0.15, 0.2) is 0 Å². The second-order valence-corrected chi connectivity index (χ2v) is 6.10. The molecule has 0 fully saturated rings. The number of aromatic carboxylic acids is 1. The molecule has 0 bridgehead atoms. The fraction of sp³-hybridized carbons (Fsp3) is 0.429. The summed E-state index contributed by atoms with van der Waals surface area (Å²) in [5.41, 5.74) is 0.893. The lowest BCUT2D eigenvalue weighted by Gasteiger charge is -2.19. The van der Waals surface area contributed by atoms with Crippen LogP contribution in [0.5, 0.6) is 0 Å². The molecule has 20 heavy (non-hydrogen) atoms. The fourth-order valence-electron chi connectivity index (χ4n) is 2.22. The molecule has 2 rings (SSSR count). The van der Waals surface area contributed by atoms with E-state index in [9.17, 15) is 14.7 Å². The Hall–Kier alpha value is -1.82. The first-order valence-electron chi connectivity index (χ1n) is 6.55. The number of allylic oxidation sites excluding steroid dienone is 1. The number of amides is 2. The zero-order chi connectivity index (χ0) is 14.7. The SMILES string of the molecule is Cc1sc(NC(=O)NC2CC=CCC2)c(C(=O)O)c1C. The van der Waals surface area contributed by atoms with Gasteiger partial charge in [0.2, 0.25) is 0 Å². The van der Waals surface area contributed by atoms with E-state index in [-0.39, 0.29) is 17.6 Å². The molecule has 1 aromatic heterocycles. The molecule has 1 aliphatic rings. The highest BCUT2D eigenvalue weighted by atomic mass is 32.1. The van der Waals surface area contributed by atoms with Crippen molar-refractivity contribution in [3.63, 3.8) is 0 Å². The monoisotopic (exact) mass is 294 g/mol. The molecule has 1 aromatic rings. The van der Waals surface area contributed by atoms with Gasteiger partial charge >= 0.3 is 12.0 Å². The Bertz CT molecular complexity index is 563. The Labute approximate surface area is 121 Å². The smallest absolute Gasteiger partial charge is 0.338 e. The third-order valence-electron chi connectivity index (χ3n) is 3.43. The molecule has 1 atom stereocenters. The second kappa shape index (κ2) is 6.09. The third kappa shape index (κ3) is 3.19. The standard InChI is InChI=1S/C14H18N2O3S/c1-8-9(2)20-12(11(8)13(17)18)16-14(19)15-10-6-4-3-5-7-10/h3-4,10H,5-7H2,1-2H3,(H,17,18)(H2,15,16,19). The number of carbonyl (C=O) groups excluding carboxylic acids is 1. The van der Waals surface area contributed by atoms with Crippen molar-refractivity contribution in [3.05, 3.63) is 28.2 Å². The molecule has 108 valence electrons. The van der Waals surface area contributed by atoms with E-state index in [0.29, 0.717) is 10.6 Å². The number of thiophene rings is 1. The Morgan fingerprint density at radius 1 is 1.35 bits per heavy atom. The van der Waals surface area contributed by atoms with Crippen LogP contribution in [0, 0.1) is 13.8 Å². The number of hydrogen-bond acceptors (Lipinski definition) is 3. The van der Waals surface area contributed by atoms with Crippen LogP contribution >= 0.6 is 11.3 Å². The number of hydrogen-bond donors (Lipinski definition) is 3. The maximum absolute atomic E-state index is 11.9. The van der Waals surface area contributed by atoms with Gasteiger partial charge in [0.25, 0.3) is 0 Å². The number of rotatable bonds is 3. The molecule has 6 heteroatoms. The highest BCUT2D eigenvalue weighted by Crippen LogP contribution is 2.32.